The van der Waals surface area contributed by atoms with Gasteiger partial charge in [-0.2, -0.15) is 4.72 Å². The number of aliphatic hydroxyl groups excluding tert-OH is 1. The van der Waals surface area contributed by atoms with Gasteiger partial charge >= 0.3 is 0 Å². The lowest BCUT2D eigenvalue weighted by Crippen LogP contribution is -2.61. The van der Waals surface area contributed by atoms with Crippen LogP contribution in [0.1, 0.15) is 106 Å². The number of ether oxygens (including phenoxy) is 2. The lowest BCUT2D eigenvalue weighted by Gasteiger charge is -2.51. The Morgan fingerprint density at radius 2 is 1.56 bits per heavy atom. The highest BCUT2D eigenvalue weighted by molar-refractivity contribution is 7.89. The summed E-state index contributed by atoms with van der Waals surface area (Å²) in [5.74, 6) is -0.0244. The largest absolute Gasteiger partial charge is 0.392 e. The molecule has 1 aliphatic carbocycles. The van der Waals surface area contributed by atoms with Crippen molar-refractivity contribution in [1.82, 2.24) is 14.9 Å². The number of carbonyl (C=O) groups is 2. The third-order valence-electron chi connectivity index (χ3n) is 12.5. The van der Waals surface area contributed by atoms with Gasteiger partial charge in [-0.25, -0.2) is 8.42 Å². The van der Waals surface area contributed by atoms with Gasteiger partial charge < -0.3 is 25.2 Å². The van der Waals surface area contributed by atoms with Crippen molar-refractivity contribution in [2.45, 2.75) is 133 Å². The van der Waals surface area contributed by atoms with Crippen LogP contribution in [-0.4, -0.2) is 66.6 Å². The summed E-state index contributed by atoms with van der Waals surface area (Å²) in [5, 5.41) is 16.1. The van der Waals surface area contributed by atoms with Gasteiger partial charge in [-0.3, -0.25) is 14.5 Å². The molecule has 0 aromatic heterocycles. The average Bonchev–Trinajstić information content (AvgIpc) is 3.24. The third-order valence-corrected chi connectivity index (χ3v) is 14.0. The van der Waals surface area contributed by atoms with Crippen LogP contribution in [0.4, 0.5) is 5.69 Å². The number of rotatable bonds is 13. The molecule has 4 aromatic carbocycles. The smallest absolute Gasteiger partial charge is 0.242 e. The number of aryl methyl sites for hydroxylation is 1. The Morgan fingerprint density at radius 3 is 2.26 bits per heavy atom. The van der Waals surface area contributed by atoms with Crippen molar-refractivity contribution in [3.8, 4) is 0 Å². The molecule has 326 valence electrons. The molecule has 0 unspecified atom stereocenters. The van der Waals surface area contributed by atoms with Gasteiger partial charge in [-0.15, -0.1) is 0 Å². The SMILES string of the molecule is Cc1ccc(S(=O)(=O)N[C@H](Cc2ccccc2)C(=O)Nc2cccc([C@@H]3O[C@H](CN4[C@@H](C(=O)NC(C)(C)C)CC[C@H]5CCCC[C@H]54)[C@H](C)[C@H](c4ccc(CO)cc4)O3)c2)cc1. The van der Waals surface area contributed by atoms with Crippen LogP contribution < -0.4 is 15.4 Å². The van der Waals surface area contributed by atoms with E-state index in [1.807, 2.05) is 100 Å². The van der Waals surface area contributed by atoms with Crippen LogP contribution in [-0.2, 0) is 42.1 Å². The predicted molar refractivity (Wildman–Crippen MR) is 237 cm³/mol. The molecule has 3 fully saturated rings. The first-order chi connectivity index (χ1) is 29.2. The minimum Gasteiger partial charge on any atom is -0.392 e. The lowest BCUT2D eigenvalue weighted by atomic mass is 9.75. The number of amides is 2. The quantitative estimate of drug-likeness (QED) is 0.107. The molecule has 0 bridgehead atoms. The zero-order chi connectivity index (χ0) is 43.3. The number of hydrogen-bond acceptors (Lipinski definition) is 8. The van der Waals surface area contributed by atoms with Crippen molar-refractivity contribution in [2.24, 2.45) is 11.8 Å². The maximum Gasteiger partial charge on any atom is 0.242 e. The van der Waals surface area contributed by atoms with E-state index in [4.69, 9.17) is 9.47 Å². The Balaban J connectivity index is 1.17. The molecule has 4 N–H and O–H groups in total. The summed E-state index contributed by atoms with van der Waals surface area (Å²) in [6, 6.07) is 29.8. The van der Waals surface area contributed by atoms with Crippen LogP contribution in [0.5, 0.6) is 0 Å². The first-order valence-electron chi connectivity index (χ1n) is 21.8. The summed E-state index contributed by atoms with van der Waals surface area (Å²) in [6.07, 6.45) is 5.00. The summed E-state index contributed by atoms with van der Waals surface area (Å²) in [5.41, 5.74) is 4.26. The highest BCUT2D eigenvalue weighted by Gasteiger charge is 2.46. The molecule has 2 aliphatic heterocycles. The molecule has 2 heterocycles. The summed E-state index contributed by atoms with van der Waals surface area (Å²) >= 11 is 0. The lowest BCUT2D eigenvalue weighted by molar-refractivity contribution is -0.278. The normalized spacial score (nSPS) is 25.2. The molecule has 11 nitrogen and oxygen atoms in total. The number of nitrogens with zero attached hydrogens (tertiary/aromatic N) is 1. The zero-order valence-electron chi connectivity index (χ0n) is 36.0. The second-order valence-electron chi connectivity index (χ2n) is 18.3. The standard InChI is InChI=1S/C49H62N4O7S/c1-32-18-25-40(26-19-32)61(57,58)52-41(28-34-12-7-6-8-13-34)46(55)50-39-16-11-15-38(29-39)48-59-44(33(2)45(60-48)37-22-20-35(31-54)21-23-37)30-53-42-17-10-9-14-36(42)24-27-43(53)47(56)51-49(3,4)5/h6-8,11-13,15-16,18-23,25-26,29,33,36,41-45,48,52,54H,9-10,14,17,24,27-28,30-31H2,1-5H3,(H,50,55)(H,51,56)/t33-,36+,41+,42+,43+,44+,45+,48+/m0/s1. The van der Waals surface area contributed by atoms with Gasteiger partial charge in [0.1, 0.15) is 6.04 Å². The Kier molecular flexibility index (Phi) is 14.1. The second kappa shape index (κ2) is 19.3. The van der Waals surface area contributed by atoms with Gasteiger partial charge in [0.2, 0.25) is 21.8 Å². The molecule has 2 amide bonds. The van der Waals surface area contributed by atoms with Crippen LogP contribution in [0.3, 0.4) is 0 Å². The molecule has 7 rings (SSSR count). The number of sulfonamides is 1. The van der Waals surface area contributed by atoms with E-state index in [1.54, 1.807) is 18.2 Å². The van der Waals surface area contributed by atoms with E-state index in [-0.39, 0.29) is 59.6 Å². The maximum absolute atomic E-state index is 14.1. The zero-order valence-corrected chi connectivity index (χ0v) is 36.9. The molecule has 12 heteroatoms. The number of piperidine rings is 1. The summed E-state index contributed by atoms with van der Waals surface area (Å²) in [7, 11) is -4.04. The molecule has 1 saturated carbocycles. The van der Waals surface area contributed by atoms with Gasteiger partial charge in [0.25, 0.3) is 0 Å². The number of carbonyl (C=O) groups excluding carboxylic acids is 2. The maximum atomic E-state index is 14.1. The van der Waals surface area contributed by atoms with Crippen molar-refractivity contribution < 1.29 is 32.6 Å². The van der Waals surface area contributed by atoms with Gasteiger partial charge in [-0.1, -0.05) is 104 Å². The van der Waals surface area contributed by atoms with Crippen molar-refractivity contribution in [2.75, 3.05) is 11.9 Å². The van der Waals surface area contributed by atoms with Gasteiger partial charge in [0, 0.05) is 35.3 Å². The van der Waals surface area contributed by atoms with E-state index in [1.165, 1.54) is 25.0 Å². The number of likely N-dealkylation sites (tertiary alicyclic amines) is 1. The van der Waals surface area contributed by atoms with Crippen molar-refractivity contribution in [1.29, 1.82) is 0 Å². The summed E-state index contributed by atoms with van der Waals surface area (Å²) in [6.45, 7) is 10.6. The second-order valence-corrected chi connectivity index (χ2v) is 20.0. The van der Waals surface area contributed by atoms with Gasteiger partial charge in [0.15, 0.2) is 6.29 Å². The Bertz CT molecular complexity index is 2210. The van der Waals surface area contributed by atoms with Crippen molar-refractivity contribution >= 4 is 27.5 Å². The molecule has 4 aromatic rings. The Morgan fingerprint density at radius 1 is 0.836 bits per heavy atom. The van der Waals surface area contributed by atoms with Crippen LogP contribution in [0.25, 0.3) is 0 Å². The minimum atomic E-state index is -4.04. The summed E-state index contributed by atoms with van der Waals surface area (Å²) in [4.78, 5) is 30.6. The van der Waals surface area contributed by atoms with E-state index in [2.05, 4.69) is 27.2 Å². The molecule has 2 saturated heterocycles. The van der Waals surface area contributed by atoms with Crippen molar-refractivity contribution in [3.63, 3.8) is 0 Å². The molecular formula is C49H62N4O7S. The molecule has 61 heavy (non-hydrogen) atoms. The minimum absolute atomic E-state index is 0.0547. The number of fused-ring (bicyclic) bond motifs is 1. The molecule has 0 radical (unpaired) electrons. The summed E-state index contributed by atoms with van der Waals surface area (Å²) < 4.78 is 43.6. The third kappa shape index (κ3) is 11.2. The fourth-order valence-corrected chi connectivity index (χ4v) is 10.5. The number of benzene rings is 4. The van der Waals surface area contributed by atoms with E-state index in [0.29, 0.717) is 23.7 Å². The van der Waals surface area contributed by atoms with E-state index in [0.717, 1.165) is 47.9 Å². The fraction of sp³-hybridized carbons (Fsp3) is 0.469. The Labute approximate surface area is 361 Å². The fourth-order valence-electron chi connectivity index (χ4n) is 9.27. The predicted octanol–water partition coefficient (Wildman–Crippen LogP) is 7.74. The monoisotopic (exact) mass is 850 g/mol. The average molecular weight is 851 g/mol. The number of hydrogen-bond donors (Lipinski definition) is 4. The van der Waals surface area contributed by atoms with Gasteiger partial charge in [0.05, 0.1) is 29.8 Å². The number of anilines is 1. The van der Waals surface area contributed by atoms with Crippen LogP contribution in [0, 0.1) is 18.8 Å². The first kappa shape index (κ1) is 44.6. The van der Waals surface area contributed by atoms with Crippen LogP contribution in [0.15, 0.2) is 108 Å². The molecular weight excluding hydrogens is 789 g/mol. The van der Waals surface area contributed by atoms with E-state index >= 15 is 0 Å². The number of nitrogens with one attached hydrogen (secondary N) is 3. The van der Waals surface area contributed by atoms with E-state index < -0.39 is 28.3 Å². The van der Waals surface area contributed by atoms with Gasteiger partial charge in [-0.05, 0) is 107 Å². The molecule has 8 atom stereocenters. The highest BCUT2D eigenvalue weighted by Crippen LogP contribution is 2.44. The topological polar surface area (TPSA) is 146 Å². The van der Waals surface area contributed by atoms with Crippen LogP contribution >= 0.6 is 0 Å². The van der Waals surface area contributed by atoms with Crippen molar-refractivity contribution in [3.05, 3.63) is 131 Å². The molecule has 0 spiro atoms. The number of aliphatic hydroxyl groups is 1. The van der Waals surface area contributed by atoms with E-state index in [9.17, 15) is 23.1 Å². The van der Waals surface area contributed by atoms with Crippen LogP contribution in [0.2, 0.25) is 0 Å². The first-order valence-corrected chi connectivity index (χ1v) is 23.3. The highest BCUT2D eigenvalue weighted by atomic mass is 32.2. The molecule has 3 aliphatic rings. The Hall–Kier alpha value is -4.43.